The second kappa shape index (κ2) is 6.06. The molecule has 0 aromatic carbocycles. The lowest BCUT2D eigenvalue weighted by Crippen LogP contribution is -2.22. The van der Waals surface area contributed by atoms with E-state index in [1.165, 1.54) is 11.8 Å². The minimum atomic E-state index is 0.630. The van der Waals surface area contributed by atoms with Crippen molar-refractivity contribution >= 4 is 27.4 Å². The third-order valence-electron chi connectivity index (χ3n) is 3.70. The molecule has 108 valence electrons. The summed E-state index contributed by atoms with van der Waals surface area (Å²) in [4.78, 5) is 12.7. The quantitative estimate of drug-likeness (QED) is 0.793. The number of fused-ring (bicyclic) bond motifs is 1. The zero-order valence-corrected chi connectivity index (χ0v) is 12.9. The van der Waals surface area contributed by atoms with Gasteiger partial charge >= 0.3 is 0 Å². The van der Waals surface area contributed by atoms with Gasteiger partial charge in [-0.3, -0.25) is 0 Å². The number of ether oxygens (including phenoxy) is 1. The number of rotatable bonds is 5. The molecule has 0 N–H and O–H groups in total. The van der Waals surface area contributed by atoms with E-state index < -0.39 is 0 Å². The van der Waals surface area contributed by atoms with Crippen LogP contribution in [0, 0.1) is 12.8 Å². The van der Waals surface area contributed by atoms with Crippen molar-refractivity contribution in [1.82, 2.24) is 9.97 Å². The highest BCUT2D eigenvalue weighted by Gasteiger charge is 2.25. The highest BCUT2D eigenvalue weighted by atomic mass is 32.1. The Bertz CT molecular complexity index is 584. The number of nitrogens with zero attached hydrogens (tertiary/aromatic N) is 3. The minimum absolute atomic E-state index is 0.630. The Morgan fingerprint density at radius 3 is 3.20 bits per heavy atom. The van der Waals surface area contributed by atoms with E-state index in [2.05, 4.69) is 33.2 Å². The van der Waals surface area contributed by atoms with Gasteiger partial charge in [0.25, 0.3) is 0 Å². The van der Waals surface area contributed by atoms with Crippen molar-refractivity contribution in [1.29, 1.82) is 0 Å². The number of aryl methyl sites for hydroxylation is 1. The first-order valence-electron chi connectivity index (χ1n) is 7.32. The highest BCUT2D eigenvalue weighted by Crippen LogP contribution is 2.31. The van der Waals surface area contributed by atoms with Crippen LogP contribution in [0.15, 0.2) is 11.4 Å². The van der Waals surface area contributed by atoms with Gasteiger partial charge in [-0.25, -0.2) is 9.97 Å². The number of aromatic nitrogens is 2. The third kappa shape index (κ3) is 2.79. The summed E-state index contributed by atoms with van der Waals surface area (Å²) in [5.74, 6) is 2.60. The molecule has 1 unspecified atom stereocenters. The second-order valence-corrected chi connectivity index (χ2v) is 6.30. The lowest BCUT2D eigenvalue weighted by molar-refractivity contribution is 0.106. The fraction of sp³-hybridized carbons (Fsp3) is 0.600. The zero-order chi connectivity index (χ0) is 13.9. The van der Waals surface area contributed by atoms with Crippen LogP contribution in [0.1, 0.15) is 25.6 Å². The number of hydrogen-bond acceptors (Lipinski definition) is 5. The monoisotopic (exact) mass is 291 g/mol. The van der Waals surface area contributed by atoms with E-state index in [0.717, 1.165) is 49.2 Å². The smallest absolute Gasteiger partial charge is 0.141 e. The molecule has 0 spiro atoms. The Labute approximate surface area is 123 Å². The van der Waals surface area contributed by atoms with Crippen LogP contribution < -0.4 is 4.90 Å². The number of anilines is 1. The van der Waals surface area contributed by atoms with E-state index in [1.54, 1.807) is 11.3 Å². The number of thiophene rings is 1. The average molecular weight is 291 g/mol. The predicted octanol–water partition coefficient (Wildman–Crippen LogP) is 3.25. The maximum absolute atomic E-state index is 5.69. The summed E-state index contributed by atoms with van der Waals surface area (Å²) in [5.41, 5.74) is 0. The fourth-order valence-corrected chi connectivity index (χ4v) is 3.54. The molecule has 2 aromatic heterocycles. The van der Waals surface area contributed by atoms with Crippen LogP contribution in [0.2, 0.25) is 0 Å². The largest absolute Gasteiger partial charge is 0.381 e. The Morgan fingerprint density at radius 2 is 2.35 bits per heavy atom. The van der Waals surface area contributed by atoms with Crippen LogP contribution in [-0.2, 0) is 4.74 Å². The van der Waals surface area contributed by atoms with Gasteiger partial charge in [0, 0.05) is 25.6 Å². The average Bonchev–Trinajstić information content (AvgIpc) is 3.06. The molecule has 1 aliphatic heterocycles. The molecule has 1 atom stereocenters. The Kier molecular flexibility index (Phi) is 4.17. The molecule has 5 heteroatoms. The van der Waals surface area contributed by atoms with Gasteiger partial charge in [0.05, 0.1) is 12.0 Å². The van der Waals surface area contributed by atoms with Gasteiger partial charge in [0.1, 0.15) is 16.5 Å². The summed E-state index contributed by atoms with van der Waals surface area (Å²) < 4.78 is 5.69. The van der Waals surface area contributed by atoms with Crippen molar-refractivity contribution < 1.29 is 4.74 Å². The van der Waals surface area contributed by atoms with Crippen LogP contribution in [0.3, 0.4) is 0 Å². The molecule has 1 fully saturated rings. The van der Waals surface area contributed by atoms with E-state index in [-0.39, 0.29) is 0 Å². The summed E-state index contributed by atoms with van der Waals surface area (Å²) in [6.45, 7) is 7.99. The molecule has 0 saturated carbocycles. The fourth-order valence-electron chi connectivity index (χ4n) is 2.74. The first kappa shape index (κ1) is 13.8. The van der Waals surface area contributed by atoms with E-state index in [0.29, 0.717) is 5.92 Å². The zero-order valence-electron chi connectivity index (χ0n) is 12.1. The van der Waals surface area contributed by atoms with Crippen LogP contribution in [-0.4, -0.2) is 36.3 Å². The molecule has 1 saturated heterocycles. The van der Waals surface area contributed by atoms with Crippen molar-refractivity contribution in [2.45, 2.75) is 26.7 Å². The molecule has 2 aromatic rings. The van der Waals surface area contributed by atoms with Crippen molar-refractivity contribution in [3.63, 3.8) is 0 Å². The Balaban J connectivity index is 1.74. The molecular formula is C15H21N3OS. The summed E-state index contributed by atoms with van der Waals surface area (Å²) in [6, 6.07) is 2.13. The minimum Gasteiger partial charge on any atom is -0.381 e. The van der Waals surface area contributed by atoms with Gasteiger partial charge < -0.3 is 9.64 Å². The standard InChI is InChI=1S/C15H21N3OS/c1-3-7-19-10-12-4-6-18(9-12)14-13-5-8-20-15(13)17-11(2)16-14/h5,8,12H,3-4,6-7,9-10H2,1-2H3. The molecular weight excluding hydrogens is 270 g/mol. The lowest BCUT2D eigenvalue weighted by Gasteiger charge is -2.18. The van der Waals surface area contributed by atoms with Gasteiger partial charge in [-0.15, -0.1) is 11.3 Å². The van der Waals surface area contributed by atoms with Gasteiger partial charge in [0.15, 0.2) is 0 Å². The maximum Gasteiger partial charge on any atom is 0.141 e. The van der Waals surface area contributed by atoms with Crippen LogP contribution in [0.25, 0.3) is 10.2 Å². The first-order valence-corrected chi connectivity index (χ1v) is 8.20. The van der Waals surface area contributed by atoms with E-state index in [1.807, 2.05) is 6.92 Å². The highest BCUT2D eigenvalue weighted by molar-refractivity contribution is 7.16. The summed E-state index contributed by atoms with van der Waals surface area (Å²) >= 11 is 1.69. The molecule has 0 aliphatic carbocycles. The third-order valence-corrected chi connectivity index (χ3v) is 4.51. The van der Waals surface area contributed by atoms with Crippen LogP contribution >= 0.6 is 11.3 Å². The van der Waals surface area contributed by atoms with Gasteiger partial charge in [-0.05, 0) is 31.2 Å². The van der Waals surface area contributed by atoms with Crippen molar-refractivity contribution in [3.8, 4) is 0 Å². The molecule has 0 amide bonds. The topological polar surface area (TPSA) is 38.2 Å². The predicted molar refractivity (Wildman–Crippen MR) is 83.6 cm³/mol. The van der Waals surface area contributed by atoms with E-state index in [4.69, 9.17) is 4.74 Å². The lowest BCUT2D eigenvalue weighted by atomic mass is 10.1. The number of hydrogen-bond donors (Lipinski definition) is 0. The molecule has 4 nitrogen and oxygen atoms in total. The van der Waals surface area contributed by atoms with Gasteiger partial charge in [-0.2, -0.15) is 0 Å². The Morgan fingerprint density at radius 1 is 1.45 bits per heavy atom. The summed E-state index contributed by atoms with van der Waals surface area (Å²) in [5, 5.41) is 3.29. The van der Waals surface area contributed by atoms with Crippen LogP contribution in [0.4, 0.5) is 5.82 Å². The van der Waals surface area contributed by atoms with E-state index in [9.17, 15) is 0 Å². The summed E-state index contributed by atoms with van der Waals surface area (Å²) in [7, 11) is 0. The molecule has 20 heavy (non-hydrogen) atoms. The summed E-state index contributed by atoms with van der Waals surface area (Å²) in [6.07, 6.45) is 2.29. The molecule has 1 aliphatic rings. The Hall–Kier alpha value is -1.20. The van der Waals surface area contributed by atoms with Gasteiger partial charge in [-0.1, -0.05) is 6.92 Å². The van der Waals surface area contributed by atoms with Crippen molar-refractivity contribution in [3.05, 3.63) is 17.3 Å². The van der Waals surface area contributed by atoms with Crippen molar-refractivity contribution in [2.24, 2.45) is 5.92 Å². The van der Waals surface area contributed by atoms with E-state index >= 15 is 0 Å². The molecule has 3 heterocycles. The van der Waals surface area contributed by atoms with Crippen LogP contribution in [0.5, 0.6) is 0 Å². The maximum atomic E-state index is 5.69. The molecule has 3 rings (SSSR count). The second-order valence-electron chi connectivity index (χ2n) is 5.41. The molecule has 0 radical (unpaired) electrons. The SMILES string of the molecule is CCCOCC1CCN(c2nc(C)nc3sccc23)C1. The first-order chi connectivity index (χ1) is 9.78. The van der Waals surface area contributed by atoms with Gasteiger partial charge in [0.2, 0.25) is 0 Å². The van der Waals surface area contributed by atoms with Crippen molar-refractivity contribution in [2.75, 3.05) is 31.2 Å². The molecule has 0 bridgehead atoms. The normalized spacial score (nSPS) is 19.1.